The zero-order valence-electron chi connectivity index (χ0n) is 14.7. The van der Waals surface area contributed by atoms with Crippen molar-refractivity contribution in [3.05, 3.63) is 90.0 Å². The summed E-state index contributed by atoms with van der Waals surface area (Å²) in [6, 6.07) is 27.9. The number of benzene rings is 3. The zero-order chi connectivity index (χ0) is 17.6. The average Bonchev–Trinajstić information content (AvgIpc) is 2.74. The van der Waals surface area contributed by atoms with Crippen molar-refractivity contribution in [2.75, 3.05) is 13.1 Å². The molecular weight excluding hydrogens is 336 g/mol. The number of nitrogens with one attached hydrogen (secondary N) is 1. The Kier molecular flexibility index (Phi) is 5.36. The Balaban J connectivity index is 1.53. The second kappa shape index (κ2) is 8.24. The van der Waals surface area contributed by atoms with Gasteiger partial charge in [0, 0.05) is 29.3 Å². The van der Waals surface area contributed by atoms with E-state index in [-0.39, 0.29) is 0 Å². The van der Waals surface area contributed by atoms with Crippen LogP contribution in [0.15, 0.2) is 88.8 Å². The fraction of sp³-hybridized carbons (Fsp3) is 0.174. The van der Waals surface area contributed by atoms with Gasteiger partial charge in [-0.3, -0.25) is 4.99 Å². The third-order valence-electron chi connectivity index (χ3n) is 4.47. The number of hydrogen-bond donors (Lipinski definition) is 1. The molecule has 0 spiro atoms. The van der Waals surface area contributed by atoms with E-state index in [9.17, 15) is 0 Å². The molecule has 0 fully saturated rings. The Morgan fingerprint density at radius 2 is 1.65 bits per heavy atom. The van der Waals surface area contributed by atoms with Crippen LogP contribution in [0.5, 0.6) is 0 Å². The summed E-state index contributed by atoms with van der Waals surface area (Å²) < 4.78 is 0. The van der Waals surface area contributed by atoms with Gasteiger partial charge >= 0.3 is 0 Å². The molecule has 1 N–H and O–H groups in total. The first-order valence-electron chi connectivity index (χ1n) is 9.05. The lowest BCUT2D eigenvalue weighted by Crippen LogP contribution is -2.30. The van der Waals surface area contributed by atoms with Crippen LogP contribution >= 0.6 is 11.8 Å². The third-order valence-corrected chi connectivity index (χ3v) is 5.61. The van der Waals surface area contributed by atoms with Crippen LogP contribution in [0.1, 0.15) is 17.5 Å². The summed E-state index contributed by atoms with van der Waals surface area (Å²) in [5.74, 6) is 1.99. The molecule has 26 heavy (non-hydrogen) atoms. The average molecular weight is 359 g/mol. The van der Waals surface area contributed by atoms with Crippen molar-refractivity contribution in [1.82, 2.24) is 5.32 Å². The van der Waals surface area contributed by atoms with E-state index in [1.54, 1.807) is 0 Å². The van der Waals surface area contributed by atoms with Crippen molar-refractivity contribution >= 4 is 17.6 Å². The molecule has 3 aromatic carbocycles. The molecule has 0 radical (unpaired) electrons. The second-order valence-electron chi connectivity index (χ2n) is 6.36. The number of rotatable bonds is 5. The van der Waals surface area contributed by atoms with Crippen LogP contribution in [0.2, 0.25) is 0 Å². The highest BCUT2D eigenvalue weighted by Crippen LogP contribution is 2.28. The Labute approximate surface area is 159 Å². The van der Waals surface area contributed by atoms with Gasteiger partial charge in [-0.25, -0.2) is 0 Å². The molecule has 0 saturated carbocycles. The van der Waals surface area contributed by atoms with Crippen LogP contribution < -0.4 is 5.32 Å². The lowest BCUT2D eigenvalue weighted by Gasteiger charge is -2.17. The summed E-state index contributed by atoms with van der Waals surface area (Å²) in [6.07, 6.45) is 1.12. The van der Waals surface area contributed by atoms with E-state index in [0.717, 1.165) is 31.1 Å². The number of aliphatic imine (C=N–C) groups is 1. The first kappa shape index (κ1) is 16.9. The highest BCUT2D eigenvalue weighted by molar-refractivity contribution is 7.98. The van der Waals surface area contributed by atoms with E-state index < -0.39 is 0 Å². The SMILES string of the molecule is c1ccc(-c2cccc(CSc3ccccc3C3=NCCCN3)c2)cc1. The molecule has 0 amide bonds. The molecule has 2 nitrogen and oxygen atoms in total. The summed E-state index contributed by atoms with van der Waals surface area (Å²) in [7, 11) is 0. The smallest absolute Gasteiger partial charge is 0.129 e. The molecule has 1 heterocycles. The van der Waals surface area contributed by atoms with Crippen molar-refractivity contribution in [2.45, 2.75) is 17.1 Å². The van der Waals surface area contributed by atoms with Crippen molar-refractivity contribution < 1.29 is 0 Å². The van der Waals surface area contributed by atoms with Gasteiger partial charge in [0.05, 0.1) is 0 Å². The van der Waals surface area contributed by atoms with Gasteiger partial charge < -0.3 is 5.32 Å². The van der Waals surface area contributed by atoms with E-state index in [0.29, 0.717) is 0 Å². The highest BCUT2D eigenvalue weighted by Gasteiger charge is 2.11. The van der Waals surface area contributed by atoms with Crippen molar-refractivity contribution in [2.24, 2.45) is 4.99 Å². The maximum absolute atomic E-state index is 4.66. The normalized spacial score (nSPS) is 13.8. The van der Waals surface area contributed by atoms with Gasteiger partial charge in [0.2, 0.25) is 0 Å². The summed E-state index contributed by atoms with van der Waals surface area (Å²) in [5, 5.41) is 3.44. The maximum atomic E-state index is 4.66. The molecule has 130 valence electrons. The second-order valence-corrected chi connectivity index (χ2v) is 7.38. The standard InChI is InChI=1S/C23H22N2S/c1-2-9-19(10-3-1)20-11-6-8-18(16-20)17-26-22-13-5-4-12-21(22)23-24-14-7-15-25-23/h1-6,8-13,16H,7,14-15,17H2,(H,24,25). The molecule has 0 unspecified atom stereocenters. The first-order chi connectivity index (χ1) is 12.9. The molecule has 4 rings (SSSR count). The minimum atomic E-state index is 0.917. The number of amidine groups is 1. The van der Waals surface area contributed by atoms with Gasteiger partial charge in [0.15, 0.2) is 0 Å². The molecule has 1 aliphatic heterocycles. The zero-order valence-corrected chi connectivity index (χ0v) is 15.5. The van der Waals surface area contributed by atoms with Gasteiger partial charge in [0.25, 0.3) is 0 Å². The molecule has 1 aliphatic rings. The predicted molar refractivity (Wildman–Crippen MR) is 112 cm³/mol. The van der Waals surface area contributed by atoms with Gasteiger partial charge in [-0.2, -0.15) is 0 Å². The summed E-state index contributed by atoms with van der Waals surface area (Å²) >= 11 is 1.88. The minimum absolute atomic E-state index is 0.917. The van der Waals surface area contributed by atoms with Gasteiger partial charge in [-0.15, -0.1) is 11.8 Å². The van der Waals surface area contributed by atoms with E-state index in [2.05, 4.69) is 89.2 Å². The molecular formula is C23H22N2S. The molecule has 3 aromatic rings. The van der Waals surface area contributed by atoms with Crippen LogP contribution in [0.25, 0.3) is 11.1 Å². The van der Waals surface area contributed by atoms with Gasteiger partial charge in [-0.1, -0.05) is 72.8 Å². The first-order valence-corrected chi connectivity index (χ1v) is 10.0. The topological polar surface area (TPSA) is 24.4 Å². The molecule has 0 atom stereocenters. The number of thioether (sulfide) groups is 1. The lowest BCUT2D eigenvalue weighted by atomic mass is 10.0. The predicted octanol–water partition coefficient (Wildman–Crippen LogP) is 5.39. The highest BCUT2D eigenvalue weighted by atomic mass is 32.2. The molecule has 0 aliphatic carbocycles. The largest absolute Gasteiger partial charge is 0.370 e. The molecule has 0 bridgehead atoms. The monoisotopic (exact) mass is 358 g/mol. The Bertz CT molecular complexity index is 903. The maximum Gasteiger partial charge on any atom is 0.129 e. The quantitative estimate of drug-likeness (QED) is 0.619. The van der Waals surface area contributed by atoms with E-state index in [1.165, 1.54) is 27.1 Å². The molecule has 3 heteroatoms. The van der Waals surface area contributed by atoms with E-state index in [4.69, 9.17) is 0 Å². The fourth-order valence-corrected chi connectivity index (χ4v) is 4.13. The lowest BCUT2D eigenvalue weighted by molar-refractivity contribution is 0.741. The van der Waals surface area contributed by atoms with Crippen LogP contribution in [-0.2, 0) is 5.75 Å². The summed E-state index contributed by atoms with van der Waals surface area (Å²) in [4.78, 5) is 5.94. The van der Waals surface area contributed by atoms with Gasteiger partial charge in [0.1, 0.15) is 5.84 Å². The van der Waals surface area contributed by atoms with Crippen molar-refractivity contribution in [3.8, 4) is 11.1 Å². The van der Waals surface area contributed by atoms with Crippen LogP contribution in [0.4, 0.5) is 0 Å². The fourth-order valence-electron chi connectivity index (χ4n) is 3.13. The molecule has 0 saturated heterocycles. The van der Waals surface area contributed by atoms with E-state index >= 15 is 0 Å². The van der Waals surface area contributed by atoms with Crippen LogP contribution in [-0.4, -0.2) is 18.9 Å². The van der Waals surface area contributed by atoms with Crippen molar-refractivity contribution in [1.29, 1.82) is 0 Å². The number of nitrogens with zero attached hydrogens (tertiary/aromatic N) is 1. The summed E-state index contributed by atoms with van der Waals surface area (Å²) in [5.41, 5.74) is 5.09. The van der Waals surface area contributed by atoms with E-state index in [1.807, 2.05) is 11.8 Å². The third kappa shape index (κ3) is 4.00. The van der Waals surface area contributed by atoms with Crippen LogP contribution in [0, 0.1) is 0 Å². The Morgan fingerprint density at radius 3 is 2.50 bits per heavy atom. The van der Waals surface area contributed by atoms with Gasteiger partial charge in [-0.05, 0) is 29.2 Å². The van der Waals surface area contributed by atoms with Crippen LogP contribution in [0.3, 0.4) is 0 Å². The van der Waals surface area contributed by atoms with Crippen molar-refractivity contribution in [3.63, 3.8) is 0 Å². The summed E-state index contributed by atoms with van der Waals surface area (Å²) in [6.45, 7) is 1.93. The minimum Gasteiger partial charge on any atom is -0.370 e. The Morgan fingerprint density at radius 1 is 0.846 bits per heavy atom. The molecule has 0 aromatic heterocycles. The number of hydrogen-bond acceptors (Lipinski definition) is 3. The Hall–Kier alpha value is -2.52.